The summed E-state index contributed by atoms with van der Waals surface area (Å²) in [4.78, 5) is 25.3. The summed E-state index contributed by atoms with van der Waals surface area (Å²) in [6, 6.07) is 19.8. The Labute approximate surface area is 194 Å². The third kappa shape index (κ3) is 5.40. The summed E-state index contributed by atoms with van der Waals surface area (Å²) in [7, 11) is -4.00. The van der Waals surface area contributed by atoms with Gasteiger partial charge in [0.2, 0.25) is 5.91 Å². The first-order valence-electron chi connectivity index (χ1n) is 10.5. The minimum Gasteiger partial charge on any atom is -0.462 e. The Morgan fingerprint density at radius 1 is 0.909 bits per heavy atom. The van der Waals surface area contributed by atoms with Crippen LogP contribution in [0.1, 0.15) is 28.4 Å². The molecular weight excluding hydrogens is 440 g/mol. The highest BCUT2D eigenvalue weighted by Crippen LogP contribution is 2.27. The third-order valence-electron chi connectivity index (χ3n) is 5.11. The molecule has 172 valence electrons. The van der Waals surface area contributed by atoms with E-state index in [-0.39, 0.29) is 11.5 Å². The highest BCUT2D eigenvalue weighted by Gasteiger charge is 2.28. The molecule has 0 spiro atoms. The van der Waals surface area contributed by atoms with Crippen LogP contribution in [0.4, 0.5) is 11.4 Å². The second-order valence-electron chi connectivity index (χ2n) is 7.36. The first-order chi connectivity index (χ1) is 15.8. The van der Waals surface area contributed by atoms with Gasteiger partial charge < -0.3 is 10.1 Å². The number of benzene rings is 3. The standard InChI is InChI=1S/C25H26N2O5S/c1-4-32-25(29)21-14-10-15-22(19(21)3)26-24(28)17-27(23-16-9-8-11-18(23)2)33(30,31)20-12-6-5-7-13-20/h5-16H,4,17H2,1-3H3,(H,26,28). The molecule has 3 aromatic rings. The molecule has 7 nitrogen and oxygen atoms in total. The number of nitrogens with zero attached hydrogens (tertiary/aromatic N) is 1. The summed E-state index contributed by atoms with van der Waals surface area (Å²) in [6.45, 7) is 4.99. The maximum Gasteiger partial charge on any atom is 0.338 e. The Morgan fingerprint density at radius 2 is 1.58 bits per heavy atom. The van der Waals surface area contributed by atoms with Crippen molar-refractivity contribution in [1.82, 2.24) is 0 Å². The second-order valence-corrected chi connectivity index (χ2v) is 9.22. The molecule has 0 aromatic heterocycles. The molecule has 0 radical (unpaired) electrons. The number of nitrogens with one attached hydrogen (secondary N) is 1. The zero-order valence-electron chi connectivity index (χ0n) is 18.7. The first kappa shape index (κ1) is 24.0. The number of carbonyl (C=O) groups excluding carboxylic acids is 2. The van der Waals surface area contributed by atoms with Gasteiger partial charge in [0, 0.05) is 5.69 Å². The van der Waals surface area contributed by atoms with Crippen LogP contribution in [0, 0.1) is 13.8 Å². The van der Waals surface area contributed by atoms with E-state index in [0.717, 1.165) is 4.31 Å². The second kappa shape index (κ2) is 10.3. The minimum atomic E-state index is -4.00. The number of para-hydroxylation sites is 1. The molecule has 0 bridgehead atoms. The summed E-state index contributed by atoms with van der Waals surface area (Å²) >= 11 is 0. The zero-order chi connectivity index (χ0) is 24.0. The Bertz CT molecular complexity index is 1260. The number of anilines is 2. The van der Waals surface area contributed by atoms with Crippen LogP contribution in [0.2, 0.25) is 0 Å². The fraction of sp³-hybridized carbons (Fsp3) is 0.200. The fourth-order valence-corrected chi connectivity index (χ4v) is 4.89. The van der Waals surface area contributed by atoms with E-state index in [2.05, 4.69) is 5.32 Å². The smallest absolute Gasteiger partial charge is 0.338 e. The summed E-state index contributed by atoms with van der Waals surface area (Å²) in [5.74, 6) is -1.03. The number of amides is 1. The van der Waals surface area contributed by atoms with Crippen molar-refractivity contribution in [2.75, 3.05) is 22.8 Å². The van der Waals surface area contributed by atoms with E-state index < -0.39 is 28.4 Å². The monoisotopic (exact) mass is 466 g/mol. The molecule has 0 aliphatic rings. The van der Waals surface area contributed by atoms with Gasteiger partial charge in [-0.15, -0.1) is 0 Å². The average Bonchev–Trinajstić information content (AvgIpc) is 2.80. The van der Waals surface area contributed by atoms with Crippen LogP contribution in [-0.4, -0.2) is 33.4 Å². The summed E-state index contributed by atoms with van der Waals surface area (Å²) in [6.07, 6.45) is 0. The van der Waals surface area contributed by atoms with Crippen molar-refractivity contribution in [3.8, 4) is 0 Å². The molecule has 1 amide bonds. The summed E-state index contributed by atoms with van der Waals surface area (Å²) in [5.41, 5.74) is 2.41. The number of ether oxygens (including phenoxy) is 1. The van der Waals surface area contributed by atoms with Gasteiger partial charge in [-0.1, -0.05) is 42.5 Å². The molecule has 0 fully saturated rings. The SMILES string of the molecule is CCOC(=O)c1cccc(NC(=O)CN(c2ccccc2C)S(=O)(=O)c2ccccc2)c1C. The molecular formula is C25H26N2O5S. The normalized spacial score (nSPS) is 11.0. The van der Waals surface area contributed by atoms with Gasteiger partial charge in [0.25, 0.3) is 10.0 Å². The van der Waals surface area contributed by atoms with Crippen molar-refractivity contribution >= 4 is 33.3 Å². The van der Waals surface area contributed by atoms with Gasteiger partial charge in [-0.3, -0.25) is 9.10 Å². The largest absolute Gasteiger partial charge is 0.462 e. The fourth-order valence-electron chi connectivity index (χ4n) is 3.38. The molecule has 1 N–H and O–H groups in total. The number of hydrogen-bond donors (Lipinski definition) is 1. The van der Waals surface area contributed by atoms with Crippen molar-refractivity contribution in [2.45, 2.75) is 25.7 Å². The van der Waals surface area contributed by atoms with E-state index in [0.29, 0.717) is 28.1 Å². The van der Waals surface area contributed by atoms with E-state index in [4.69, 9.17) is 4.74 Å². The summed E-state index contributed by atoms with van der Waals surface area (Å²) in [5, 5.41) is 2.74. The van der Waals surface area contributed by atoms with Gasteiger partial charge in [-0.2, -0.15) is 0 Å². The molecule has 0 saturated carbocycles. The molecule has 0 aliphatic carbocycles. The van der Waals surface area contributed by atoms with Gasteiger partial charge in [-0.25, -0.2) is 13.2 Å². The van der Waals surface area contributed by atoms with Crippen LogP contribution < -0.4 is 9.62 Å². The topological polar surface area (TPSA) is 92.8 Å². The number of aryl methyl sites for hydroxylation is 1. The van der Waals surface area contributed by atoms with Crippen LogP contribution in [-0.2, 0) is 19.6 Å². The van der Waals surface area contributed by atoms with E-state index in [1.54, 1.807) is 81.4 Å². The number of carbonyl (C=O) groups is 2. The molecule has 3 aromatic carbocycles. The van der Waals surface area contributed by atoms with Crippen molar-refractivity contribution in [1.29, 1.82) is 0 Å². The molecule has 0 heterocycles. The third-order valence-corrected chi connectivity index (χ3v) is 6.88. The molecule has 0 aliphatic heterocycles. The quantitative estimate of drug-likeness (QED) is 0.499. The van der Waals surface area contributed by atoms with E-state index in [9.17, 15) is 18.0 Å². The van der Waals surface area contributed by atoms with Gasteiger partial charge in [-0.05, 0) is 62.2 Å². The van der Waals surface area contributed by atoms with Crippen molar-refractivity contribution in [2.24, 2.45) is 0 Å². The number of sulfonamides is 1. The van der Waals surface area contributed by atoms with Crippen molar-refractivity contribution in [3.05, 3.63) is 89.5 Å². The van der Waals surface area contributed by atoms with E-state index in [1.807, 2.05) is 0 Å². The lowest BCUT2D eigenvalue weighted by molar-refractivity contribution is -0.114. The molecule has 0 atom stereocenters. The highest BCUT2D eigenvalue weighted by atomic mass is 32.2. The number of esters is 1. The van der Waals surface area contributed by atoms with Crippen LogP contribution in [0.15, 0.2) is 77.7 Å². The Hall–Kier alpha value is -3.65. The predicted octanol–water partition coefficient (Wildman–Crippen LogP) is 4.31. The van der Waals surface area contributed by atoms with E-state index >= 15 is 0 Å². The molecule has 0 unspecified atom stereocenters. The van der Waals surface area contributed by atoms with E-state index in [1.165, 1.54) is 12.1 Å². The van der Waals surface area contributed by atoms with Crippen molar-refractivity contribution < 1.29 is 22.7 Å². The van der Waals surface area contributed by atoms with Crippen LogP contribution in [0.3, 0.4) is 0 Å². The maximum atomic E-state index is 13.4. The van der Waals surface area contributed by atoms with Gasteiger partial charge >= 0.3 is 5.97 Å². The highest BCUT2D eigenvalue weighted by molar-refractivity contribution is 7.92. The number of rotatable bonds is 8. The van der Waals surface area contributed by atoms with Gasteiger partial charge in [0.15, 0.2) is 0 Å². The maximum absolute atomic E-state index is 13.4. The van der Waals surface area contributed by atoms with Gasteiger partial charge in [0.05, 0.1) is 22.8 Å². The number of hydrogen-bond acceptors (Lipinski definition) is 5. The minimum absolute atomic E-state index is 0.0848. The molecule has 0 saturated heterocycles. The predicted molar refractivity (Wildman–Crippen MR) is 128 cm³/mol. The molecule has 33 heavy (non-hydrogen) atoms. The Kier molecular flexibility index (Phi) is 7.50. The Morgan fingerprint density at radius 3 is 2.24 bits per heavy atom. The Balaban J connectivity index is 1.93. The lowest BCUT2D eigenvalue weighted by atomic mass is 10.1. The molecule has 8 heteroatoms. The first-order valence-corrected chi connectivity index (χ1v) is 11.9. The zero-order valence-corrected chi connectivity index (χ0v) is 19.6. The van der Waals surface area contributed by atoms with Crippen LogP contribution in [0.5, 0.6) is 0 Å². The summed E-state index contributed by atoms with van der Waals surface area (Å²) < 4.78 is 33.0. The lowest BCUT2D eigenvalue weighted by Gasteiger charge is -2.25. The van der Waals surface area contributed by atoms with Crippen molar-refractivity contribution in [3.63, 3.8) is 0 Å². The van der Waals surface area contributed by atoms with Crippen LogP contribution in [0.25, 0.3) is 0 Å². The lowest BCUT2D eigenvalue weighted by Crippen LogP contribution is -2.38. The van der Waals surface area contributed by atoms with Gasteiger partial charge in [0.1, 0.15) is 6.54 Å². The average molecular weight is 467 g/mol. The molecule has 3 rings (SSSR count). The van der Waals surface area contributed by atoms with Crippen LogP contribution >= 0.6 is 0 Å².